The Balaban J connectivity index is 1.94. The second kappa shape index (κ2) is 4.67. The van der Waals surface area contributed by atoms with Gasteiger partial charge in [-0.1, -0.05) is 25.1 Å². The van der Waals surface area contributed by atoms with Crippen LogP contribution in [-0.4, -0.2) is 19.3 Å². The summed E-state index contributed by atoms with van der Waals surface area (Å²) < 4.78 is 5.27. The van der Waals surface area contributed by atoms with E-state index in [-0.39, 0.29) is 0 Å². The first-order valence-corrected chi connectivity index (χ1v) is 5.70. The highest BCUT2D eigenvalue weighted by Gasteiger charge is 2.28. The summed E-state index contributed by atoms with van der Waals surface area (Å²) in [7, 11) is 1.79. The van der Waals surface area contributed by atoms with Gasteiger partial charge in [-0.05, 0) is 30.9 Å². The molecule has 0 aliphatic heterocycles. The summed E-state index contributed by atoms with van der Waals surface area (Å²) in [5.74, 6) is 0. The molecule has 1 aromatic carbocycles. The molecule has 2 nitrogen and oxygen atoms in total. The van der Waals surface area contributed by atoms with Crippen molar-refractivity contribution in [2.75, 3.05) is 12.4 Å². The lowest BCUT2D eigenvalue weighted by Gasteiger charge is -2.35. The molecule has 1 aromatic rings. The van der Waals surface area contributed by atoms with E-state index in [4.69, 9.17) is 4.74 Å². The minimum absolute atomic E-state index is 0.469. The van der Waals surface area contributed by atoms with Crippen molar-refractivity contribution in [3.63, 3.8) is 0 Å². The van der Waals surface area contributed by atoms with E-state index in [9.17, 15) is 0 Å². The molecule has 0 amide bonds. The number of nitrogens with one attached hydrogen (secondary N) is 1. The van der Waals surface area contributed by atoms with Gasteiger partial charge in [0.15, 0.2) is 0 Å². The second-order valence-corrected chi connectivity index (χ2v) is 4.18. The van der Waals surface area contributed by atoms with Gasteiger partial charge in [0, 0.05) is 18.8 Å². The molecular weight excluding hydrogens is 186 g/mol. The third-order valence-electron chi connectivity index (χ3n) is 3.19. The molecule has 0 heterocycles. The maximum Gasteiger partial charge on any atom is 0.0610 e. The molecule has 1 fully saturated rings. The molecule has 0 unspecified atom stereocenters. The SMILES string of the molecule is CCc1ccccc1NC1CC(OC)C1. The Labute approximate surface area is 91.6 Å². The monoisotopic (exact) mass is 205 g/mol. The Morgan fingerprint density at radius 1 is 1.33 bits per heavy atom. The predicted molar refractivity (Wildman–Crippen MR) is 63.3 cm³/mol. The third kappa shape index (κ3) is 2.32. The van der Waals surface area contributed by atoms with Crippen molar-refractivity contribution in [1.82, 2.24) is 0 Å². The molecule has 0 saturated heterocycles. The molecule has 82 valence electrons. The molecular formula is C13H19NO. The Morgan fingerprint density at radius 2 is 2.07 bits per heavy atom. The van der Waals surface area contributed by atoms with Crippen LogP contribution in [0.5, 0.6) is 0 Å². The maximum atomic E-state index is 5.27. The second-order valence-electron chi connectivity index (χ2n) is 4.18. The fourth-order valence-corrected chi connectivity index (χ4v) is 2.07. The minimum atomic E-state index is 0.469. The summed E-state index contributed by atoms with van der Waals surface area (Å²) in [6, 6.07) is 9.15. The van der Waals surface area contributed by atoms with Crippen LogP contribution in [0.4, 0.5) is 5.69 Å². The zero-order valence-electron chi connectivity index (χ0n) is 9.49. The van der Waals surface area contributed by atoms with E-state index in [0.717, 1.165) is 19.3 Å². The molecule has 0 spiro atoms. The number of benzene rings is 1. The Kier molecular flexibility index (Phi) is 3.27. The lowest BCUT2D eigenvalue weighted by Crippen LogP contribution is -2.40. The van der Waals surface area contributed by atoms with Gasteiger partial charge in [0.25, 0.3) is 0 Å². The number of hydrogen-bond acceptors (Lipinski definition) is 2. The Morgan fingerprint density at radius 3 is 2.73 bits per heavy atom. The summed E-state index contributed by atoms with van der Waals surface area (Å²) in [5, 5.41) is 3.58. The van der Waals surface area contributed by atoms with Crippen molar-refractivity contribution < 1.29 is 4.74 Å². The van der Waals surface area contributed by atoms with Crippen LogP contribution in [0.1, 0.15) is 25.3 Å². The van der Waals surface area contributed by atoms with Gasteiger partial charge in [-0.2, -0.15) is 0 Å². The molecule has 0 bridgehead atoms. The molecule has 1 saturated carbocycles. The first-order valence-electron chi connectivity index (χ1n) is 5.70. The number of hydrogen-bond donors (Lipinski definition) is 1. The van der Waals surface area contributed by atoms with Crippen LogP contribution in [0.15, 0.2) is 24.3 Å². The molecule has 1 N–H and O–H groups in total. The molecule has 15 heavy (non-hydrogen) atoms. The zero-order chi connectivity index (χ0) is 10.7. The smallest absolute Gasteiger partial charge is 0.0610 e. The number of methoxy groups -OCH3 is 1. The molecule has 2 rings (SSSR count). The van der Waals surface area contributed by atoms with Crippen molar-refractivity contribution in [2.24, 2.45) is 0 Å². The van der Waals surface area contributed by atoms with E-state index in [1.807, 2.05) is 0 Å². The fraction of sp³-hybridized carbons (Fsp3) is 0.538. The highest BCUT2D eigenvalue weighted by Crippen LogP contribution is 2.27. The number of aryl methyl sites for hydroxylation is 1. The van der Waals surface area contributed by atoms with E-state index in [2.05, 4.69) is 36.5 Å². The number of anilines is 1. The average Bonchev–Trinajstić information content (AvgIpc) is 2.23. The van der Waals surface area contributed by atoms with E-state index < -0.39 is 0 Å². The summed E-state index contributed by atoms with van der Waals surface area (Å²) in [4.78, 5) is 0. The van der Waals surface area contributed by atoms with Gasteiger partial charge in [0.2, 0.25) is 0 Å². The van der Waals surface area contributed by atoms with Gasteiger partial charge in [0.05, 0.1) is 6.10 Å². The maximum absolute atomic E-state index is 5.27. The molecule has 1 aliphatic rings. The van der Waals surface area contributed by atoms with Gasteiger partial charge in [-0.15, -0.1) is 0 Å². The molecule has 0 atom stereocenters. The number of para-hydroxylation sites is 1. The third-order valence-corrected chi connectivity index (χ3v) is 3.19. The van der Waals surface area contributed by atoms with Crippen LogP contribution in [0, 0.1) is 0 Å². The van der Waals surface area contributed by atoms with Crippen LogP contribution >= 0.6 is 0 Å². The van der Waals surface area contributed by atoms with E-state index in [0.29, 0.717) is 12.1 Å². The number of rotatable bonds is 4. The average molecular weight is 205 g/mol. The Bertz CT molecular complexity index is 318. The van der Waals surface area contributed by atoms with Crippen molar-refractivity contribution >= 4 is 5.69 Å². The van der Waals surface area contributed by atoms with Crippen LogP contribution in [0.3, 0.4) is 0 Å². The van der Waals surface area contributed by atoms with Crippen LogP contribution in [0.2, 0.25) is 0 Å². The highest BCUT2D eigenvalue weighted by molar-refractivity contribution is 5.52. The quantitative estimate of drug-likeness (QED) is 0.816. The first-order chi connectivity index (χ1) is 7.33. The summed E-state index contributed by atoms with van der Waals surface area (Å²) in [6.45, 7) is 2.19. The van der Waals surface area contributed by atoms with Crippen molar-refractivity contribution in [3.05, 3.63) is 29.8 Å². The van der Waals surface area contributed by atoms with E-state index >= 15 is 0 Å². The molecule has 0 aromatic heterocycles. The predicted octanol–water partition coefficient (Wildman–Crippen LogP) is 2.84. The Hall–Kier alpha value is -1.02. The van der Waals surface area contributed by atoms with E-state index in [1.165, 1.54) is 11.3 Å². The van der Waals surface area contributed by atoms with Gasteiger partial charge < -0.3 is 10.1 Å². The van der Waals surface area contributed by atoms with Crippen LogP contribution in [-0.2, 0) is 11.2 Å². The normalized spacial score (nSPS) is 24.7. The summed E-state index contributed by atoms with van der Waals surface area (Å²) >= 11 is 0. The molecule has 1 aliphatic carbocycles. The zero-order valence-corrected chi connectivity index (χ0v) is 9.49. The van der Waals surface area contributed by atoms with Crippen LogP contribution in [0.25, 0.3) is 0 Å². The van der Waals surface area contributed by atoms with Crippen molar-refractivity contribution in [1.29, 1.82) is 0 Å². The largest absolute Gasteiger partial charge is 0.382 e. The van der Waals surface area contributed by atoms with Crippen molar-refractivity contribution in [2.45, 2.75) is 38.3 Å². The summed E-state index contributed by atoms with van der Waals surface area (Å²) in [5.41, 5.74) is 2.69. The topological polar surface area (TPSA) is 21.3 Å². The van der Waals surface area contributed by atoms with Crippen LogP contribution < -0.4 is 5.32 Å². The van der Waals surface area contributed by atoms with Gasteiger partial charge in [-0.3, -0.25) is 0 Å². The van der Waals surface area contributed by atoms with Gasteiger partial charge in [-0.25, -0.2) is 0 Å². The molecule has 2 heteroatoms. The first kappa shape index (κ1) is 10.5. The summed E-state index contributed by atoms with van der Waals surface area (Å²) in [6.07, 6.45) is 3.82. The lowest BCUT2D eigenvalue weighted by molar-refractivity contribution is 0.0328. The molecule has 0 radical (unpaired) electrons. The van der Waals surface area contributed by atoms with Gasteiger partial charge in [0.1, 0.15) is 0 Å². The van der Waals surface area contributed by atoms with Gasteiger partial charge >= 0.3 is 0 Å². The van der Waals surface area contributed by atoms with E-state index in [1.54, 1.807) is 7.11 Å². The fourth-order valence-electron chi connectivity index (χ4n) is 2.07. The lowest BCUT2D eigenvalue weighted by atomic mass is 9.89. The minimum Gasteiger partial charge on any atom is -0.382 e. The standard InChI is InChI=1S/C13H19NO/c1-3-10-6-4-5-7-13(10)14-11-8-12(9-11)15-2/h4-7,11-12,14H,3,8-9H2,1-2H3. The number of ether oxygens (including phenoxy) is 1. The highest BCUT2D eigenvalue weighted by atomic mass is 16.5. The van der Waals surface area contributed by atoms with Crippen molar-refractivity contribution in [3.8, 4) is 0 Å².